The lowest BCUT2D eigenvalue weighted by Crippen LogP contribution is -3.00. The summed E-state index contributed by atoms with van der Waals surface area (Å²) >= 11 is 12.1. The highest BCUT2D eigenvalue weighted by molar-refractivity contribution is 6.42. The Morgan fingerprint density at radius 3 is 1.67 bits per heavy atom. The van der Waals surface area contributed by atoms with E-state index in [0.717, 1.165) is 11.0 Å². The molecule has 0 bridgehead atoms. The number of benzene rings is 1. The quantitative estimate of drug-likeness (QED) is 0.259. The van der Waals surface area contributed by atoms with Crippen LogP contribution in [0.1, 0.15) is 89.5 Å². The SMILES string of the molecule is CCCCCCCCCCCCCC[N+](C)(C)Cc1ccc(Cl)c(Cl)c1.[Cl-]. The zero-order chi connectivity index (χ0) is 19.3. The van der Waals surface area contributed by atoms with Crippen molar-refractivity contribution in [1.82, 2.24) is 0 Å². The van der Waals surface area contributed by atoms with Crippen LogP contribution in [0.4, 0.5) is 0 Å². The molecule has 0 N–H and O–H groups in total. The van der Waals surface area contributed by atoms with E-state index < -0.39 is 0 Å². The normalized spacial score (nSPS) is 11.4. The second-order valence-electron chi connectivity index (χ2n) is 8.46. The predicted octanol–water partition coefficient (Wildman–Crippen LogP) is 5.27. The maximum absolute atomic E-state index is 6.13. The minimum Gasteiger partial charge on any atom is -1.00 e. The average Bonchev–Trinajstić information content (AvgIpc) is 2.59. The van der Waals surface area contributed by atoms with Gasteiger partial charge in [0.25, 0.3) is 0 Å². The summed E-state index contributed by atoms with van der Waals surface area (Å²) in [6.45, 7) is 4.51. The molecule has 158 valence electrons. The van der Waals surface area contributed by atoms with Gasteiger partial charge in [0.05, 0.1) is 30.7 Å². The molecule has 27 heavy (non-hydrogen) atoms. The molecule has 1 aromatic rings. The third-order valence-electron chi connectivity index (χ3n) is 5.21. The first kappa shape index (κ1) is 27.0. The molecule has 0 aliphatic rings. The van der Waals surface area contributed by atoms with E-state index in [1.807, 2.05) is 12.1 Å². The Kier molecular flexibility index (Phi) is 15.9. The second-order valence-corrected chi connectivity index (χ2v) is 9.27. The van der Waals surface area contributed by atoms with Crippen LogP contribution in [0.25, 0.3) is 0 Å². The minimum absolute atomic E-state index is 0. The maximum atomic E-state index is 6.13. The zero-order valence-electron chi connectivity index (χ0n) is 17.7. The number of hydrogen-bond acceptors (Lipinski definition) is 0. The van der Waals surface area contributed by atoms with Crippen LogP contribution in [0.5, 0.6) is 0 Å². The Hall–Kier alpha value is 0.0500. The maximum Gasteiger partial charge on any atom is 0.104 e. The molecule has 1 rings (SSSR count). The number of nitrogens with zero attached hydrogens (tertiary/aromatic N) is 1. The fraction of sp³-hybridized carbons (Fsp3) is 0.739. The second kappa shape index (κ2) is 15.9. The molecule has 0 unspecified atom stereocenters. The first-order chi connectivity index (χ1) is 12.4. The fourth-order valence-electron chi connectivity index (χ4n) is 3.59. The Morgan fingerprint density at radius 1 is 0.704 bits per heavy atom. The minimum atomic E-state index is 0. The van der Waals surface area contributed by atoms with Gasteiger partial charge < -0.3 is 16.9 Å². The van der Waals surface area contributed by atoms with Crippen LogP contribution >= 0.6 is 23.2 Å². The molecule has 0 atom stereocenters. The summed E-state index contributed by atoms with van der Waals surface area (Å²) < 4.78 is 1.01. The van der Waals surface area contributed by atoms with Crippen molar-refractivity contribution < 1.29 is 16.9 Å². The summed E-state index contributed by atoms with van der Waals surface area (Å²) in [5, 5.41) is 1.30. The largest absolute Gasteiger partial charge is 1.00 e. The van der Waals surface area contributed by atoms with Crippen molar-refractivity contribution in [2.45, 2.75) is 90.5 Å². The number of halogens is 3. The van der Waals surface area contributed by atoms with Crippen LogP contribution < -0.4 is 12.4 Å². The molecule has 0 aliphatic carbocycles. The van der Waals surface area contributed by atoms with E-state index in [-0.39, 0.29) is 12.4 Å². The van der Waals surface area contributed by atoms with E-state index in [9.17, 15) is 0 Å². The third kappa shape index (κ3) is 13.8. The molecule has 0 fully saturated rings. The van der Waals surface area contributed by atoms with Gasteiger partial charge in [-0.05, 0) is 25.0 Å². The van der Waals surface area contributed by atoms with Crippen LogP contribution in [0.15, 0.2) is 18.2 Å². The van der Waals surface area contributed by atoms with Gasteiger partial charge in [-0.1, -0.05) is 100 Å². The first-order valence-electron chi connectivity index (χ1n) is 10.7. The van der Waals surface area contributed by atoms with Crippen molar-refractivity contribution in [3.05, 3.63) is 33.8 Å². The van der Waals surface area contributed by atoms with Crippen LogP contribution in [0.3, 0.4) is 0 Å². The van der Waals surface area contributed by atoms with Crippen molar-refractivity contribution in [1.29, 1.82) is 0 Å². The lowest BCUT2D eigenvalue weighted by atomic mass is 10.1. The highest BCUT2D eigenvalue weighted by Crippen LogP contribution is 2.24. The summed E-state index contributed by atoms with van der Waals surface area (Å²) in [7, 11) is 4.61. The van der Waals surface area contributed by atoms with Crippen LogP contribution in [0, 0.1) is 0 Å². The van der Waals surface area contributed by atoms with Crippen molar-refractivity contribution in [2.24, 2.45) is 0 Å². The number of rotatable bonds is 15. The predicted molar refractivity (Wildman–Crippen MR) is 118 cm³/mol. The highest BCUT2D eigenvalue weighted by Gasteiger charge is 2.16. The van der Waals surface area contributed by atoms with Gasteiger partial charge in [0, 0.05) is 5.56 Å². The lowest BCUT2D eigenvalue weighted by molar-refractivity contribution is -0.903. The molecule has 0 saturated heterocycles. The van der Waals surface area contributed by atoms with E-state index in [4.69, 9.17) is 23.2 Å². The standard InChI is InChI=1S/C23H40Cl2N.ClH/c1-4-5-6-7-8-9-10-11-12-13-14-15-18-26(2,3)20-21-16-17-22(24)23(25)19-21;/h16-17,19H,4-15,18,20H2,1-3H3;1H/q+1;/p-1. The topological polar surface area (TPSA) is 0 Å². The molecular weight excluding hydrogens is 397 g/mol. The van der Waals surface area contributed by atoms with Gasteiger partial charge in [-0.15, -0.1) is 0 Å². The van der Waals surface area contributed by atoms with Gasteiger partial charge in [-0.25, -0.2) is 0 Å². The Balaban J connectivity index is 0.00000676. The van der Waals surface area contributed by atoms with Crippen molar-refractivity contribution >= 4 is 23.2 Å². The zero-order valence-corrected chi connectivity index (χ0v) is 20.0. The number of hydrogen-bond donors (Lipinski definition) is 0. The van der Waals surface area contributed by atoms with Gasteiger partial charge >= 0.3 is 0 Å². The van der Waals surface area contributed by atoms with Crippen LogP contribution in [-0.2, 0) is 6.54 Å². The lowest BCUT2D eigenvalue weighted by Gasteiger charge is -2.30. The van der Waals surface area contributed by atoms with Crippen molar-refractivity contribution in [2.75, 3.05) is 20.6 Å². The van der Waals surface area contributed by atoms with Crippen LogP contribution in [-0.4, -0.2) is 25.1 Å². The molecule has 0 saturated carbocycles. The van der Waals surface area contributed by atoms with E-state index in [2.05, 4.69) is 27.1 Å². The van der Waals surface area contributed by atoms with Gasteiger partial charge in [-0.2, -0.15) is 0 Å². The van der Waals surface area contributed by atoms with Gasteiger partial charge in [0.15, 0.2) is 0 Å². The molecule has 4 heteroatoms. The van der Waals surface area contributed by atoms with Crippen molar-refractivity contribution in [3.8, 4) is 0 Å². The van der Waals surface area contributed by atoms with Gasteiger partial charge in [-0.3, -0.25) is 0 Å². The molecule has 0 heterocycles. The first-order valence-corrected chi connectivity index (χ1v) is 11.5. The van der Waals surface area contributed by atoms with E-state index in [1.54, 1.807) is 0 Å². The fourth-order valence-corrected chi connectivity index (χ4v) is 3.91. The van der Waals surface area contributed by atoms with E-state index >= 15 is 0 Å². The molecule has 0 aromatic heterocycles. The van der Waals surface area contributed by atoms with Crippen LogP contribution in [0.2, 0.25) is 10.0 Å². The molecule has 0 radical (unpaired) electrons. The number of unbranched alkanes of at least 4 members (excludes halogenated alkanes) is 11. The number of quaternary nitrogens is 1. The Labute approximate surface area is 184 Å². The summed E-state index contributed by atoms with van der Waals surface area (Å²) in [5.41, 5.74) is 1.27. The summed E-state index contributed by atoms with van der Waals surface area (Å²) in [4.78, 5) is 0. The summed E-state index contributed by atoms with van der Waals surface area (Å²) in [6.07, 6.45) is 16.9. The van der Waals surface area contributed by atoms with E-state index in [0.29, 0.717) is 10.0 Å². The molecule has 0 aliphatic heterocycles. The molecule has 1 nitrogen and oxygen atoms in total. The molecular formula is C23H40Cl3N. The van der Waals surface area contributed by atoms with Crippen molar-refractivity contribution in [3.63, 3.8) is 0 Å². The van der Waals surface area contributed by atoms with Gasteiger partial charge in [0.2, 0.25) is 0 Å². The average molecular weight is 437 g/mol. The third-order valence-corrected chi connectivity index (χ3v) is 5.95. The highest BCUT2D eigenvalue weighted by atomic mass is 35.5. The molecule has 1 aromatic carbocycles. The molecule has 0 amide bonds. The summed E-state index contributed by atoms with van der Waals surface area (Å²) in [5.74, 6) is 0. The summed E-state index contributed by atoms with van der Waals surface area (Å²) in [6, 6.07) is 6.01. The van der Waals surface area contributed by atoms with E-state index in [1.165, 1.54) is 89.2 Å². The monoisotopic (exact) mass is 435 g/mol. The molecule has 0 spiro atoms. The Morgan fingerprint density at radius 2 is 1.19 bits per heavy atom. The Bertz CT molecular complexity index is 489. The smallest absolute Gasteiger partial charge is 0.104 e. The van der Waals surface area contributed by atoms with Gasteiger partial charge in [0.1, 0.15) is 6.54 Å².